The quantitative estimate of drug-likeness (QED) is 0.577. The van der Waals surface area contributed by atoms with Gasteiger partial charge in [-0.3, -0.25) is 0 Å². The van der Waals surface area contributed by atoms with E-state index in [4.69, 9.17) is 16.7 Å². The monoisotopic (exact) mass is 242 g/mol. The maximum atomic E-state index is 5.10. The molecule has 0 aliphatic rings. The Labute approximate surface area is 101 Å². The summed E-state index contributed by atoms with van der Waals surface area (Å²) in [6.45, 7) is 5.58. The highest BCUT2D eigenvalue weighted by atomic mass is 32.1. The fourth-order valence-electron chi connectivity index (χ4n) is 1.17. The average Bonchev–Trinajstić information content (AvgIpc) is 2.65. The van der Waals surface area contributed by atoms with Gasteiger partial charge in [0.05, 0.1) is 0 Å². The van der Waals surface area contributed by atoms with E-state index in [1.165, 1.54) is 0 Å². The molecule has 0 aliphatic heterocycles. The number of hydrogen-bond donors (Lipinski definition) is 2. The summed E-state index contributed by atoms with van der Waals surface area (Å²) in [5.74, 6) is 1.31. The molecule has 1 aromatic heterocycles. The second kappa shape index (κ2) is 7.16. The van der Waals surface area contributed by atoms with E-state index in [1.54, 1.807) is 6.92 Å². The van der Waals surface area contributed by atoms with Crippen molar-refractivity contribution in [2.45, 2.75) is 33.1 Å². The van der Waals surface area contributed by atoms with E-state index in [1.807, 2.05) is 0 Å². The molecule has 0 saturated heterocycles. The Morgan fingerprint density at radius 3 is 2.75 bits per heavy atom. The lowest BCUT2D eigenvalue weighted by Gasteiger charge is -2.08. The number of nitrogens with one attached hydrogen (secondary N) is 2. The van der Waals surface area contributed by atoms with Gasteiger partial charge in [-0.05, 0) is 25.6 Å². The standard InChI is InChI=1S/C10H18N4OS/c1-3-4-6-11-10(16)12-7-5-9-13-8(2)14-15-9/h3-7H2,1-2H3,(H2,11,12,16). The highest BCUT2D eigenvalue weighted by Crippen LogP contribution is 1.95. The normalized spacial score (nSPS) is 10.1. The van der Waals surface area contributed by atoms with E-state index in [0.29, 0.717) is 29.8 Å². The zero-order valence-electron chi connectivity index (χ0n) is 9.75. The van der Waals surface area contributed by atoms with Crippen molar-refractivity contribution in [3.05, 3.63) is 11.7 Å². The van der Waals surface area contributed by atoms with Crippen molar-refractivity contribution < 1.29 is 4.52 Å². The van der Waals surface area contributed by atoms with Crippen molar-refractivity contribution in [1.29, 1.82) is 0 Å². The van der Waals surface area contributed by atoms with E-state index in [2.05, 4.69) is 27.7 Å². The van der Waals surface area contributed by atoms with E-state index in [0.717, 1.165) is 19.4 Å². The van der Waals surface area contributed by atoms with Crippen LogP contribution < -0.4 is 10.6 Å². The van der Waals surface area contributed by atoms with Crippen LogP contribution in [-0.2, 0) is 6.42 Å². The van der Waals surface area contributed by atoms with Gasteiger partial charge in [0, 0.05) is 19.5 Å². The minimum atomic E-state index is 0.640. The minimum absolute atomic E-state index is 0.640. The Bertz CT molecular complexity index is 326. The molecular formula is C10H18N4OS. The molecule has 0 saturated carbocycles. The molecule has 0 fully saturated rings. The molecule has 5 nitrogen and oxygen atoms in total. The van der Waals surface area contributed by atoms with Gasteiger partial charge in [-0.25, -0.2) is 0 Å². The molecule has 16 heavy (non-hydrogen) atoms. The van der Waals surface area contributed by atoms with Gasteiger partial charge in [-0.1, -0.05) is 18.5 Å². The molecule has 1 aromatic rings. The summed E-state index contributed by atoms with van der Waals surface area (Å²) in [5, 5.41) is 10.6. The maximum Gasteiger partial charge on any atom is 0.228 e. The van der Waals surface area contributed by atoms with Crippen molar-refractivity contribution in [2.75, 3.05) is 13.1 Å². The summed E-state index contributed by atoms with van der Waals surface area (Å²) in [5.41, 5.74) is 0. The molecule has 0 aliphatic carbocycles. The molecule has 0 aromatic carbocycles. The van der Waals surface area contributed by atoms with Crippen LogP contribution in [-0.4, -0.2) is 28.3 Å². The summed E-state index contributed by atoms with van der Waals surface area (Å²) >= 11 is 5.10. The van der Waals surface area contributed by atoms with Crippen LogP contribution >= 0.6 is 12.2 Å². The molecule has 0 atom stereocenters. The van der Waals surface area contributed by atoms with E-state index in [9.17, 15) is 0 Å². The third-order valence-corrected chi connectivity index (χ3v) is 2.30. The number of nitrogens with zero attached hydrogens (tertiary/aromatic N) is 2. The topological polar surface area (TPSA) is 63.0 Å². The molecule has 6 heteroatoms. The van der Waals surface area contributed by atoms with E-state index < -0.39 is 0 Å². The molecule has 0 bridgehead atoms. The Hall–Kier alpha value is -1.17. The van der Waals surface area contributed by atoms with Crippen molar-refractivity contribution in [3.63, 3.8) is 0 Å². The summed E-state index contributed by atoms with van der Waals surface area (Å²) in [7, 11) is 0. The number of unbranched alkanes of at least 4 members (excludes halogenated alkanes) is 1. The van der Waals surface area contributed by atoms with Gasteiger partial charge < -0.3 is 15.2 Å². The number of hydrogen-bond acceptors (Lipinski definition) is 4. The van der Waals surface area contributed by atoms with E-state index >= 15 is 0 Å². The average molecular weight is 242 g/mol. The van der Waals surface area contributed by atoms with Crippen molar-refractivity contribution in [1.82, 2.24) is 20.8 Å². The Morgan fingerprint density at radius 2 is 2.12 bits per heavy atom. The van der Waals surface area contributed by atoms with Gasteiger partial charge in [0.1, 0.15) is 0 Å². The zero-order chi connectivity index (χ0) is 11.8. The van der Waals surface area contributed by atoms with Crippen molar-refractivity contribution >= 4 is 17.3 Å². The third kappa shape index (κ3) is 5.06. The molecule has 0 spiro atoms. The minimum Gasteiger partial charge on any atom is -0.363 e. The predicted octanol–water partition coefficient (Wildman–Crippen LogP) is 1.18. The Balaban J connectivity index is 2.08. The number of thiocarbonyl (C=S) groups is 1. The molecule has 0 unspecified atom stereocenters. The SMILES string of the molecule is CCCCNC(=S)NCCc1nc(C)no1. The largest absolute Gasteiger partial charge is 0.363 e. The van der Waals surface area contributed by atoms with Gasteiger partial charge in [-0.15, -0.1) is 0 Å². The highest BCUT2D eigenvalue weighted by Gasteiger charge is 2.02. The first-order chi connectivity index (χ1) is 7.72. The first-order valence-corrected chi connectivity index (χ1v) is 5.94. The Kier molecular flexibility index (Phi) is 5.77. The van der Waals surface area contributed by atoms with Crippen LogP contribution in [0.5, 0.6) is 0 Å². The van der Waals surface area contributed by atoms with Crippen LogP contribution in [0.1, 0.15) is 31.5 Å². The van der Waals surface area contributed by atoms with E-state index in [-0.39, 0.29) is 0 Å². The second-order valence-corrected chi connectivity index (χ2v) is 3.93. The van der Waals surface area contributed by atoms with Gasteiger partial charge in [0.2, 0.25) is 5.89 Å². The first-order valence-electron chi connectivity index (χ1n) is 5.53. The lowest BCUT2D eigenvalue weighted by atomic mass is 10.3. The number of rotatable bonds is 6. The van der Waals surface area contributed by atoms with Crippen LogP contribution in [0.4, 0.5) is 0 Å². The van der Waals surface area contributed by atoms with Crippen LogP contribution in [0.15, 0.2) is 4.52 Å². The van der Waals surface area contributed by atoms with Crippen LogP contribution in [0.3, 0.4) is 0 Å². The summed E-state index contributed by atoms with van der Waals surface area (Å²) < 4.78 is 4.98. The maximum absolute atomic E-state index is 5.10. The van der Waals surface area contributed by atoms with Crippen molar-refractivity contribution in [2.24, 2.45) is 0 Å². The molecule has 2 N–H and O–H groups in total. The van der Waals surface area contributed by atoms with Crippen molar-refractivity contribution in [3.8, 4) is 0 Å². The lowest BCUT2D eigenvalue weighted by Crippen LogP contribution is -2.36. The summed E-state index contributed by atoms with van der Waals surface area (Å²) in [6, 6.07) is 0. The summed E-state index contributed by atoms with van der Waals surface area (Å²) in [6.07, 6.45) is 2.98. The fraction of sp³-hybridized carbons (Fsp3) is 0.700. The molecule has 0 amide bonds. The molecule has 1 rings (SSSR count). The van der Waals surface area contributed by atoms with Gasteiger partial charge >= 0.3 is 0 Å². The predicted molar refractivity (Wildman–Crippen MR) is 66.3 cm³/mol. The third-order valence-electron chi connectivity index (χ3n) is 2.01. The number of aryl methyl sites for hydroxylation is 1. The van der Waals surface area contributed by atoms with Crippen LogP contribution in [0.2, 0.25) is 0 Å². The van der Waals surface area contributed by atoms with Gasteiger partial charge in [0.25, 0.3) is 0 Å². The first kappa shape index (κ1) is 12.9. The fourth-order valence-corrected chi connectivity index (χ4v) is 1.37. The molecule has 1 heterocycles. The molecular weight excluding hydrogens is 224 g/mol. The Morgan fingerprint density at radius 1 is 1.38 bits per heavy atom. The highest BCUT2D eigenvalue weighted by molar-refractivity contribution is 7.80. The zero-order valence-corrected chi connectivity index (χ0v) is 10.6. The smallest absolute Gasteiger partial charge is 0.228 e. The molecule has 90 valence electrons. The molecule has 0 radical (unpaired) electrons. The lowest BCUT2D eigenvalue weighted by molar-refractivity contribution is 0.374. The van der Waals surface area contributed by atoms with Gasteiger partial charge in [0.15, 0.2) is 10.9 Å². The summed E-state index contributed by atoms with van der Waals surface area (Å²) in [4.78, 5) is 4.10. The second-order valence-electron chi connectivity index (χ2n) is 3.52. The number of aromatic nitrogens is 2. The van der Waals surface area contributed by atoms with Gasteiger partial charge in [-0.2, -0.15) is 4.98 Å². The van der Waals surface area contributed by atoms with Crippen LogP contribution in [0, 0.1) is 6.92 Å². The van der Waals surface area contributed by atoms with Crippen LogP contribution in [0.25, 0.3) is 0 Å².